The van der Waals surface area contributed by atoms with Crippen molar-refractivity contribution >= 4 is 33.1 Å². The van der Waals surface area contributed by atoms with Crippen molar-refractivity contribution in [2.24, 2.45) is 0 Å². The van der Waals surface area contributed by atoms with E-state index in [0.717, 1.165) is 45.0 Å². The van der Waals surface area contributed by atoms with Crippen molar-refractivity contribution in [3.05, 3.63) is 18.3 Å². The average molecular weight is 395 g/mol. The third kappa shape index (κ3) is 3.40. The molecule has 0 aromatic carbocycles. The molecule has 114 valence electrons. The number of hydrogen-bond donors (Lipinski definition) is 0. The zero-order valence-electron chi connectivity index (χ0n) is 13.2. The van der Waals surface area contributed by atoms with Gasteiger partial charge in [-0.15, -0.1) is 0 Å². The van der Waals surface area contributed by atoms with Crippen LogP contribution in [0.3, 0.4) is 0 Å². The topological polar surface area (TPSA) is 43.2 Å². The van der Waals surface area contributed by atoms with E-state index >= 15 is 0 Å². The third-order valence-electron chi connectivity index (χ3n) is 3.95. The van der Waals surface area contributed by atoms with Crippen LogP contribution in [0, 0.1) is 0 Å². The summed E-state index contributed by atoms with van der Waals surface area (Å²) >= 11 is -2.21. The second-order valence-corrected chi connectivity index (χ2v) is 20.8. The fraction of sp³-hybridized carbons (Fsp3) is 0.600. The first-order valence-corrected chi connectivity index (χ1v) is 17.7. The number of nitrogens with zero attached hydrogens (tertiary/aromatic N) is 4. The zero-order valence-corrected chi connectivity index (χ0v) is 16.0. The molecule has 0 radical (unpaired) electrons. The van der Waals surface area contributed by atoms with E-state index in [1.165, 1.54) is 9.10 Å². The van der Waals surface area contributed by atoms with Crippen LogP contribution in [-0.2, 0) is 11.3 Å². The monoisotopic (exact) mass is 396 g/mol. The summed E-state index contributed by atoms with van der Waals surface area (Å²) in [6, 6.07) is 4.20. The number of hydrogen-bond acceptors (Lipinski definition) is 4. The van der Waals surface area contributed by atoms with Gasteiger partial charge in [0, 0.05) is 0 Å². The zero-order chi connectivity index (χ0) is 14.9. The molecule has 1 saturated heterocycles. The molecule has 2 aromatic heterocycles. The molecule has 6 heteroatoms. The van der Waals surface area contributed by atoms with Gasteiger partial charge in [-0.05, 0) is 0 Å². The molecule has 1 aliphatic rings. The molecule has 0 N–H and O–H groups in total. The molecular weight excluding hydrogens is 371 g/mol. The third-order valence-corrected chi connectivity index (χ3v) is 9.06. The van der Waals surface area contributed by atoms with Gasteiger partial charge in [0.25, 0.3) is 0 Å². The van der Waals surface area contributed by atoms with Crippen molar-refractivity contribution in [3.8, 4) is 0 Å². The van der Waals surface area contributed by atoms with Crippen LogP contribution >= 0.6 is 0 Å². The molecule has 1 fully saturated rings. The summed E-state index contributed by atoms with van der Waals surface area (Å²) in [7, 11) is 0. The first kappa shape index (κ1) is 15.2. The van der Waals surface area contributed by atoms with Crippen LogP contribution in [0.4, 0.5) is 0 Å². The Labute approximate surface area is 130 Å². The second kappa shape index (κ2) is 6.22. The summed E-state index contributed by atoms with van der Waals surface area (Å²) in [5.74, 6) is 0. The SMILES string of the molecule is [CH3][Sn]([CH3])([CH3])[c]1nn(CCN2CCOCC2)c2ncccc12. The first-order valence-electron chi connectivity index (χ1n) is 7.68. The molecule has 0 spiro atoms. The van der Waals surface area contributed by atoms with Crippen LogP contribution < -0.4 is 3.71 Å². The van der Waals surface area contributed by atoms with Crippen LogP contribution in [0.15, 0.2) is 18.3 Å². The molecule has 21 heavy (non-hydrogen) atoms. The van der Waals surface area contributed by atoms with E-state index < -0.39 is 18.4 Å². The van der Waals surface area contributed by atoms with Crippen molar-refractivity contribution in [2.45, 2.75) is 21.4 Å². The number of aromatic nitrogens is 3. The average Bonchev–Trinajstić information content (AvgIpc) is 2.85. The predicted molar refractivity (Wildman–Crippen MR) is 87.8 cm³/mol. The number of ether oxygens (including phenoxy) is 1. The van der Waals surface area contributed by atoms with Gasteiger partial charge in [-0.1, -0.05) is 0 Å². The van der Waals surface area contributed by atoms with Gasteiger partial charge < -0.3 is 0 Å². The molecular formula is C15H24N4OSn. The van der Waals surface area contributed by atoms with E-state index in [2.05, 4.69) is 35.5 Å². The molecule has 0 unspecified atom stereocenters. The van der Waals surface area contributed by atoms with E-state index in [0.29, 0.717) is 0 Å². The Hall–Kier alpha value is -0.661. The van der Waals surface area contributed by atoms with Gasteiger partial charge in [-0.25, -0.2) is 0 Å². The fourth-order valence-corrected chi connectivity index (χ4v) is 6.84. The van der Waals surface area contributed by atoms with Gasteiger partial charge in [-0.2, -0.15) is 0 Å². The molecule has 5 nitrogen and oxygen atoms in total. The quantitative estimate of drug-likeness (QED) is 0.733. The number of morpholine rings is 1. The first-order chi connectivity index (χ1) is 10.1. The minimum atomic E-state index is -2.21. The standard InChI is InChI=1S/C12H15N4O.3CH3.Sn/c1-2-11-10-14-16(12(11)13-3-1)5-4-15-6-8-17-9-7-15;;;;/h1-3H,4-9H2;3*1H3;. The number of pyridine rings is 1. The van der Waals surface area contributed by atoms with Crippen molar-refractivity contribution in [1.29, 1.82) is 0 Å². The fourth-order valence-electron chi connectivity index (χ4n) is 2.78. The van der Waals surface area contributed by atoms with Gasteiger partial charge in [0.1, 0.15) is 0 Å². The van der Waals surface area contributed by atoms with Crippen molar-refractivity contribution in [3.63, 3.8) is 0 Å². The van der Waals surface area contributed by atoms with E-state index in [1.54, 1.807) is 0 Å². The molecule has 2 aromatic rings. The summed E-state index contributed by atoms with van der Waals surface area (Å²) in [6.07, 6.45) is 1.87. The molecule has 3 heterocycles. The van der Waals surface area contributed by atoms with Crippen molar-refractivity contribution < 1.29 is 4.74 Å². The summed E-state index contributed by atoms with van der Waals surface area (Å²) in [6.45, 7) is 5.69. The van der Waals surface area contributed by atoms with Gasteiger partial charge in [-0.3, -0.25) is 0 Å². The van der Waals surface area contributed by atoms with E-state index in [9.17, 15) is 0 Å². The van der Waals surface area contributed by atoms with Crippen LogP contribution in [-0.4, -0.2) is 70.9 Å². The Morgan fingerprint density at radius 1 is 1.19 bits per heavy atom. The Bertz CT molecular complexity index is 614. The van der Waals surface area contributed by atoms with Gasteiger partial charge in [0.15, 0.2) is 0 Å². The second-order valence-electron chi connectivity index (χ2n) is 6.65. The Kier molecular flexibility index (Phi) is 4.51. The Morgan fingerprint density at radius 3 is 2.67 bits per heavy atom. The molecule has 0 amide bonds. The van der Waals surface area contributed by atoms with Crippen molar-refractivity contribution in [2.75, 3.05) is 32.8 Å². The molecule has 0 bridgehead atoms. The van der Waals surface area contributed by atoms with Crippen LogP contribution in [0.2, 0.25) is 14.8 Å². The van der Waals surface area contributed by atoms with E-state index in [-0.39, 0.29) is 0 Å². The summed E-state index contributed by atoms with van der Waals surface area (Å²) < 4.78 is 8.86. The molecule has 3 rings (SSSR count). The predicted octanol–water partition coefficient (Wildman–Crippen LogP) is 1.31. The Morgan fingerprint density at radius 2 is 1.95 bits per heavy atom. The molecule has 0 saturated carbocycles. The van der Waals surface area contributed by atoms with Gasteiger partial charge in [0.2, 0.25) is 0 Å². The number of fused-ring (bicyclic) bond motifs is 1. The summed E-state index contributed by atoms with van der Waals surface area (Å²) in [4.78, 5) is 14.3. The maximum absolute atomic E-state index is 5.40. The van der Waals surface area contributed by atoms with E-state index in [1.807, 2.05) is 12.3 Å². The maximum atomic E-state index is 5.40. The summed E-state index contributed by atoms with van der Waals surface area (Å²) in [5, 5.41) is 6.20. The minimum absolute atomic E-state index is 0.849. The normalized spacial score (nSPS) is 17.5. The van der Waals surface area contributed by atoms with Gasteiger partial charge in [0.05, 0.1) is 0 Å². The van der Waals surface area contributed by atoms with Gasteiger partial charge >= 0.3 is 130 Å². The molecule has 0 atom stereocenters. The van der Waals surface area contributed by atoms with Crippen molar-refractivity contribution in [1.82, 2.24) is 19.7 Å². The van der Waals surface area contributed by atoms with Crippen LogP contribution in [0.25, 0.3) is 11.0 Å². The van der Waals surface area contributed by atoms with E-state index in [4.69, 9.17) is 9.84 Å². The number of rotatable bonds is 4. The van der Waals surface area contributed by atoms with Crippen LogP contribution in [0.1, 0.15) is 0 Å². The molecule has 0 aliphatic carbocycles. The van der Waals surface area contributed by atoms with Crippen LogP contribution in [0.5, 0.6) is 0 Å². The molecule has 1 aliphatic heterocycles. The Balaban J connectivity index is 1.84. The summed E-state index contributed by atoms with van der Waals surface area (Å²) in [5.41, 5.74) is 1.05.